The summed E-state index contributed by atoms with van der Waals surface area (Å²) in [6.45, 7) is 0.275. The van der Waals surface area contributed by atoms with Gasteiger partial charge in [-0.15, -0.1) is 0 Å². The molecule has 0 spiro atoms. The fraction of sp³-hybridized carbons (Fsp3) is 0.118. The molecule has 1 aromatic carbocycles. The lowest BCUT2D eigenvalue weighted by molar-refractivity contribution is 0.0951. The van der Waals surface area contributed by atoms with Crippen LogP contribution in [0.4, 0.5) is 0 Å². The van der Waals surface area contributed by atoms with Gasteiger partial charge in [-0.1, -0.05) is 6.07 Å². The Bertz CT molecular complexity index is 903. The number of hydrogen-bond donors (Lipinski definition) is 1. The van der Waals surface area contributed by atoms with E-state index in [0.717, 1.165) is 5.69 Å². The van der Waals surface area contributed by atoms with Gasteiger partial charge in [0.2, 0.25) is 0 Å². The Morgan fingerprint density at radius 1 is 1.26 bits per heavy atom. The minimum absolute atomic E-state index is 0.259. The minimum Gasteiger partial charge on any atom is -0.497 e. The van der Waals surface area contributed by atoms with Crippen molar-refractivity contribution in [1.82, 2.24) is 10.3 Å². The second kappa shape index (κ2) is 6.31. The highest BCUT2D eigenvalue weighted by Crippen LogP contribution is 2.22. The molecule has 23 heavy (non-hydrogen) atoms. The monoisotopic (exact) mass is 310 g/mol. The Hall–Kier alpha value is -3.15. The van der Waals surface area contributed by atoms with E-state index in [9.17, 15) is 9.59 Å². The van der Waals surface area contributed by atoms with E-state index in [0.29, 0.717) is 16.7 Å². The molecule has 2 heterocycles. The van der Waals surface area contributed by atoms with Crippen LogP contribution >= 0.6 is 0 Å². The van der Waals surface area contributed by atoms with Crippen molar-refractivity contribution in [3.05, 3.63) is 70.3 Å². The number of amides is 1. The molecule has 0 aliphatic rings. The second-order valence-corrected chi connectivity index (χ2v) is 4.84. The predicted molar refractivity (Wildman–Crippen MR) is 84.4 cm³/mol. The van der Waals surface area contributed by atoms with Crippen LogP contribution in [-0.4, -0.2) is 18.0 Å². The highest BCUT2D eigenvalue weighted by molar-refractivity contribution is 6.05. The fourth-order valence-electron chi connectivity index (χ4n) is 2.23. The van der Waals surface area contributed by atoms with Crippen molar-refractivity contribution in [1.29, 1.82) is 0 Å². The number of methoxy groups -OCH3 is 1. The van der Waals surface area contributed by atoms with Crippen molar-refractivity contribution in [2.45, 2.75) is 6.54 Å². The summed E-state index contributed by atoms with van der Waals surface area (Å²) in [6, 6.07) is 11.6. The van der Waals surface area contributed by atoms with Crippen LogP contribution in [0.25, 0.3) is 11.0 Å². The summed E-state index contributed by atoms with van der Waals surface area (Å²) in [5.41, 5.74) is 0.707. The van der Waals surface area contributed by atoms with Gasteiger partial charge in [0.15, 0.2) is 0 Å². The number of nitrogens with zero attached hydrogens (tertiary/aromatic N) is 1. The van der Waals surface area contributed by atoms with Gasteiger partial charge in [-0.3, -0.25) is 9.78 Å². The molecular weight excluding hydrogens is 296 g/mol. The van der Waals surface area contributed by atoms with Gasteiger partial charge in [-0.05, 0) is 24.3 Å². The molecule has 6 nitrogen and oxygen atoms in total. The number of benzene rings is 1. The van der Waals surface area contributed by atoms with E-state index in [2.05, 4.69) is 10.3 Å². The molecule has 0 saturated carbocycles. The van der Waals surface area contributed by atoms with E-state index < -0.39 is 5.63 Å². The first kappa shape index (κ1) is 14.8. The Morgan fingerprint density at radius 3 is 2.87 bits per heavy atom. The summed E-state index contributed by atoms with van der Waals surface area (Å²) in [6.07, 6.45) is 1.65. The van der Waals surface area contributed by atoms with Crippen LogP contribution in [-0.2, 0) is 6.54 Å². The number of aromatic nitrogens is 1. The molecule has 2 aromatic heterocycles. The molecule has 3 rings (SSSR count). The van der Waals surface area contributed by atoms with Gasteiger partial charge in [0.05, 0.1) is 24.9 Å². The average molecular weight is 310 g/mol. The van der Waals surface area contributed by atoms with Crippen molar-refractivity contribution in [3.8, 4) is 5.75 Å². The van der Waals surface area contributed by atoms with Crippen molar-refractivity contribution >= 4 is 16.9 Å². The zero-order chi connectivity index (χ0) is 16.2. The van der Waals surface area contributed by atoms with E-state index in [1.54, 1.807) is 30.5 Å². The molecule has 116 valence electrons. The molecule has 0 fully saturated rings. The third kappa shape index (κ3) is 3.21. The Morgan fingerprint density at radius 2 is 2.13 bits per heavy atom. The van der Waals surface area contributed by atoms with E-state index in [4.69, 9.17) is 9.15 Å². The third-order valence-corrected chi connectivity index (χ3v) is 3.35. The van der Waals surface area contributed by atoms with Gasteiger partial charge in [0, 0.05) is 23.7 Å². The van der Waals surface area contributed by atoms with E-state index >= 15 is 0 Å². The Balaban J connectivity index is 1.92. The van der Waals surface area contributed by atoms with E-state index in [1.807, 2.05) is 12.1 Å². The van der Waals surface area contributed by atoms with Crippen molar-refractivity contribution < 1.29 is 13.9 Å². The minimum atomic E-state index is -0.589. The largest absolute Gasteiger partial charge is 0.497 e. The lowest BCUT2D eigenvalue weighted by Crippen LogP contribution is -2.24. The summed E-state index contributed by atoms with van der Waals surface area (Å²) in [7, 11) is 1.52. The van der Waals surface area contributed by atoms with Crippen LogP contribution in [0.1, 0.15) is 16.1 Å². The molecule has 0 saturated heterocycles. The number of nitrogens with one attached hydrogen (secondary N) is 1. The molecule has 0 bridgehead atoms. The number of fused-ring (bicyclic) bond motifs is 1. The van der Waals surface area contributed by atoms with Gasteiger partial charge >= 0.3 is 5.63 Å². The topological polar surface area (TPSA) is 81.4 Å². The zero-order valence-corrected chi connectivity index (χ0v) is 12.4. The average Bonchev–Trinajstić information content (AvgIpc) is 2.59. The number of ether oxygens (including phenoxy) is 1. The molecule has 6 heteroatoms. The highest BCUT2D eigenvalue weighted by atomic mass is 16.5. The summed E-state index contributed by atoms with van der Waals surface area (Å²) in [5.74, 6) is 0.186. The fourth-order valence-corrected chi connectivity index (χ4v) is 2.23. The van der Waals surface area contributed by atoms with Crippen LogP contribution < -0.4 is 15.7 Å². The lowest BCUT2D eigenvalue weighted by Gasteiger charge is -2.08. The lowest BCUT2D eigenvalue weighted by atomic mass is 10.1. The maximum atomic E-state index is 12.4. The van der Waals surface area contributed by atoms with Crippen LogP contribution in [0.3, 0.4) is 0 Å². The molecule has 0 radical (unpaired) electrons. The number of carbonyl (C=O) groups is 1. The van der Waals surface area contributed by atoms with E-state index in [-0.39, 0.29) is 18.0 Å². The number of hydrogen-bond acceptors (Lipinski definition) is 5. The molecule has 0 atom stereocenters. The maximum Gasteiger partial charge on any atom is 0.337 e. The number of carbonyl (C=O) groups excluding carboxylic acids is 1. The highest BCUT2D eigenvalue weighted by Gasteiger charge is 2.13. The summed E-state index contributed by atoms with van der Waals surface area (Å²) < 4.78 is 10.2. The van der Waals surface area contributed by atoms with E-state index in [1.165, 1.54) is 13.2 Å². The van der Waals surface area contributed by atoms with Gasteiger partial charge < -0.3 is 14.5 Å². The van der Waals surface area contributed by atoms with Crippen LogP contribution in [0.2, 0.25) is 0 Å². The van der Waals surface area contributed by atoms with Gasteiger partial charge in [-0.2, -0.15) is 0 Å². The third-order valence-electron chi connectivity index (χ3n) is 3.35. The zero-order valence-electron chi connectivity index (χ0n) is 12.4. The molecule has 1 N–H and O–H groups in total. The number of rotatable bonds is 4. The first-order chi connectivity index (χ1) is 11.2. The van der Waals surface area contributed by atoms with Crippen LogP contribution in [0.15, 0.2) is 57.9 Å². The quantitative estimate of drug-likeness (QED) is 0.747. The number of pyridine rings is 1. The van der Waals surface area contributed by atoms with Crippen molar-refractivity contribution in [3.63, 3.8) is 0 Å². The molecule has 3 aromatic rings. The maximum absolute atomic E-state index is 12.4. The normalized spacial score (nSPS) is 10.5. The first-order valence-corrected chi connectivity index (χ1v) is 6.97. The Labute approximate surface area is 131 Å². The van der Waals surface area contributed by atoms with Crippen molar-refractivity contribution in [2.75, 3.05) is 7.11 Å². The standard InChI is InChI=1S/C17H14N2O4/c1-22-12-5-6-13-14(9-16(20)23-15(13)8-12)17(21)19-10-11-4-2-3-7-18-11/h2-9H,10H2,1H3,(H,19,21). The summed E-state index contributed by atoms with van der Waals surface area (Å²) >= 11 is 0. The van der Waals surface area contributed by atoms with Gasteiger partial charge in [0.1, 0.15) is 11.3 Å². The SMILES string of the molecule is COc1ccc2c(C(=O)NCc3ccccn3)cc(=O)oc2c1. The molecule has 0 aliphatic heterocycles. The summed E-state index contributed by atoms with van der Waals surface area (Å²) in [5, 5.41) is 3.30. The molecule has 0 aliphatic carbocycles. The summed E-state index contributed by atoms with van der Waals surface area (Å²) in [4.78, 5) is 28.2. The van der Waals surface area contributed by atoms with Crippen molar-refractivity contribution in [2.24, 2.45) is 0 Å². The van der Waals surface area contributed by atoms with Gasteiger partial charge in [-0.25, -0.2) is 4.79 Å². The van der Waals surface area contributed by atoms with Crippen LogP contribution in [0.5, 0.6) is 5.75 Å². The molecule has 1 amide bonds. The van der Waals surface area contributed by atoms with Crippen LogP contribution in [0, 0.1) is 0 Å². The smallest absolute Gasteiger partial charge is 0.337 e. The second-order valence-electron chi connectivity index (χ2n) is 4.84. The Kier molecular flexibility index (Phi) is 4.05. The molecule has 0 unspecified atom stereocenters. The predicted octanol–water partition coefficient (Wildman–Crippen LogP) is 2.13. The first-order valence-electron chi connectivity index (χ1n) is 6.97. The van der Waals surface area contributed by atoms with Gasteiger partial charge in [0.25, 0.3) is 5.91 Å². The molecular formula is C17H14N2O4.